The molecule has 2 saturated heterocycles. The number of carbonyl (C=O) groups is 1. The highest BCUT2D eigenvalue weighted by Gasteiger charge is 2.22. The Balaban J connectivity index is 0.00000182. The molecule has 0 radical (unpaired) electrons. The van der Waals surface area contributed by atoms with Crippen LogP contribution in [0.5, 0.6) is 0 Å². The molecule has 2 atom stereocenters. The van der Waals surface area contributed by atoms with Crippen molar-refractivity contribution in [1.82, 2.24) is 15.6 Å². The minimum atomic E-state index is 0. The molecule has 3 heterocycles. The summed E-state index contributed by atoms with van der Waals surface area (Å²) in [5.74, 6) is 2.15. The van der Waals surface area contributed by atoms with Crippen molar-refractivity contribution in [1.29, 1.82) is 0 Å². The first kappa shape index (κ1) is 24.0. The number of hydrogen-bond acceptors (Lipinski definition) is 5. The first-order valence-electron chi connectivity index (χ1n) is 9.47. The normalized spacial score (nSPS) is 20.8. The Morgan fingerprint density at radius 2 is 2.19 bits per heavy atom. The van der Waals surface area contributed by atoms with Crippen molar-refractivity contribution >= 4 is 36.5 Å². The van der Waals surface area contributed by atoms with Crippen LogP contribution in [0.15, 0.2) is 18.3 Å². The highest BCUT2D eigenvalue weighted by atomic mass is 35.5. The second kappa shape index (κ2) is 12.4. The SMILES string of the molecule is CC(CC(=O)NCc1ccnc(N2CCOCC2)c1)C1CCCNC1.Cl.Cl. The summed E-state index contributed by atoms with van der Waals surface area (Å²) in [5.41, 5.74) is 1.09. The summed E-state index contributed by atoms with van der Waals surface area (Å²) in [6, 6.07) is 4.04. The number of hydrogen-bond donors (Lipinski definition) is 2. The first-order valence-corrected chi connectivity index (χ1v) is 9.47. The molecule has 1 amide bonds. The molecular weight excluding hydrogens is 387 g/mol. The van der Waals surface area contributed by atoms with Gasteiger partial charge in [0.1, 0.15) is 5.82 Å². The Kier molecular flexibility index (Phi) is 11.0. The van der Waals surface area contributed by atoms with Crippen LogP contribution >= 0.6 is 24.8 Å². The number of nitrogens with one attached hydrogen (secondary N) is 2. The van der Waals surface area contributed by atoms with Crippen molar-refractivity contribution in [2.24, 2.45) is 11.8 Å². The topological polar surface area (TPSA) is 66.5 Å². The predicted octanol–water partition coefficient (Wildman–Crippen LogP) is 2.40. The van der Waals surface area contributed by atoms with Crippen molar-refractivity contribution in [3.8, 4) is 0 Å². The van der Waals surface area contributed by atoms with Crippen LogP contribution < -0.4 is 15.5 Å². The van der Waals surface area contributed by atoms with E-state index in [1.54, 1.807) is 0 Å². The number of nitrogens with zero attached hydrogens (tertiary/aromatic N) is 2. The van der Waals surface area contributed by atoms with Crippen LogP contribution in [-0.4, -0.2) is 50.3 Å². The molecule has 2 fully saturated rings. The third kappa shape index (κ3) is 7.45. The van der Waals surface area contributed by atoms with E-state index < -0.39 is 0 Å². The van der Waals surface area contributed by atoms with E-state index in [2.05, 4.69) is 33.5 Å². The lowest BCUT2D eigenvalue weighted by Crippen LogP contribution is -2.37. The maximum atomic E-state index is 12.3. The number of ether oxygens (including phenoxy) is 1. The number of aromatic nitrogens is 1. The van der Waals surface area contributed by atoms with Crippen LogP contribution in [0, 0.1) is 11.8 Å². The standard InChI is InChI=1S/C19H30N4O2.2ClH/c1-15(17-3-2-5-20-14-17)11-19(24)22-13-16-4-6-21-18(12-16)23-7-9-25-10-8-23;;/h4,6,12,15,17,20H,2-3,5,7-11,13-14H2,1H3,(H,22,24);2*1H. The maximum Gasteiger partial charge on any atom is 0.220 e. The van der Waals surface area contributed by atoms with Gasteiger partial charge in [-0.3, -0.25) is 4.79 Å². The second-order valence-corrected chi connectivity index (χ2v) is 7.19. The van der Waals surface area contributed by atoms with E-state index in [9.17, 15) is 4.79 Å². The van der Waals surface area contributed by atoms with Crippen LogP contribution in [-0.2, 0) is 16.1 Å². The number of piperidine rings is 1. The van der Waals surface area contributed by atoms with Crippen LogP contribution in [0.1, 0.15) is 31.7 Å². The van der Waals surface area contributed by atoms with Gasteiger partial charge in [0.05, 0.1) is 13.2 Å². The van der Waals surface area contributed by atoms with E-state index in [1.165, 1.54) is 12.8 Å². The highest BCUT2D eigenvalue weighted by molar-refractivity contribution is 5.85. The Morgan fingerprint density at radius 3 is 2.89 bits per heavy atom. The summed E-state index contributed by atoms with van der Waals surface area (Å²) < 4.78 is 5.39. The maximum absolute atomic E-state index is 12.3. The molecule has 0 bridgehead atoms. The van der Waals surface area contributed by atoms with E-state index in [0.717, 1.165) is 50.8 Å². The van der Waals surface area contributed by atoms with Crippen LogP contribution in [0.2, 0.25) is 0 Å². The molecule has 0 aliphatic carbocycles. The molecule has 0 saturated carbocycles. The lowest BCUT2D eigenvalue weighted by Gasteiger charge is -2.28. The van der Waals surface area contributed by atoms with Crippen LogP contribution in [0.25, 0.3) is 0 Å². The fourth-order valence-electron chi connectivity index (χ4n) is 3.63. The molecule has 0 spiro atoms. The lowest BCUT2D eigenvalue weighted by atomic mass is 9.85. The molecule has 27 heavy (non-hydrogen) atoms. The van der Waals surface area contributed by atoms with E-state index in [-0.39, 0.29) is 30.7 Å². The van der Waals surface area contributed by atoms with E-state index in [1.807, 2.05) is 12.3 Å². The molecule has 2 aliphatic heterocycles. The predicted molar refractivity (Wildman–Crippen MR) is 113 cm³/mol. The van der Waals surface area contributed by atoms with Gasteiger partial charge < -0.3 is 20.3 Å². The molecule has 0 aromatic carbocycles. The quantitative estimate of drug-likeness (QED) is 0.742. The Bertz CT molecular complexity index is 564. The summed E-state index contributed by atoms with van der Waals surface area (Å²) in [6.07, 6.45) is 4.88. The van der Waals surface area contributed by atoms with Gasteiger partial charge in [-0.1, -0.05) is 6.92 Å². The fourth-order valence-corrected chi connectivity index (χ4v) is 3.63. The molecular formula is C19H32Cl2N4O2. The number of carbonyl (C=O) groups excluding carboxylic acids is 1. The number of amides is 1. The van der Waals surface area contributed by atoms with Gasteiger partial charge in [0.2, 0.25) is 5.91 Å². The summed E-state index contributed by atoms with van der Waals surface area (Å²) >= 11 is 0. The largest absolute Gasteiger partial charge is 0.378 e. The number of halogens is 2. The van der Waals surface area contributed by atoms with E-state index >= 15 is 0 Å². The minimum absolute atomic E-state index is 0. The van der Waals surface area contributed by atoms with Gasteiger partial charge >= 0.3 is 0 Å². The third-order valence-corrected chi connectivity index (χ3v) is 5.28. The summed E-state index contributed by atoms with van der Waals surface area (Å²) in [4.78, 5) is 19.0. The molecule has 2 N–H and O–H groups in total. The van der Waals surface area contributed by atoms with Crippen LogP contribution in [0.4, 0.5) is 5.82 Å². The fraction of sp³-hybridized carbons (Fsp3) is 0.684. The summed E-state index contributed by atoms with van der Waals surface area (Å²) in [5, 5.41) is 6.50. The van der Waals surface area contributed by atoms with Crippen molar-refractivity contribution in [2.45, 2.75) is 32.7 Å². The van der Waals surface area contributed by atoms with Gasteiger partial charge in [0.25, 0.3) is 0 Å². The number of rotatable bonds is 6. The molecule has 2 unspecified atom stereocenters. The number of morpholine rings is 1. The number of anilines is 1. The lowest BCUT2D eigenvalue weighted by molar-refractivity contribution is -0.122. The van der Waals surface area contributed by atoms with Gasteiger partial charge in [0.15, 0.2) is 0 Å². The first-order chi connectivity index (χ1) is 12.2. The Hall–Kier alpha value is -1.08. The summed E-state index contributed by atoms with van der Waals surface area (Å²) in [7, 11) is 0. The van der Waals surface area contributed by atoms with Crippen molar-refractivity contribution in [2.75, 3.05) is 44.3 Å². The van der Waals surface area contributed by atoms with Gasteiger partial charge in [0, 0.05) is 32.3 Å². The van der Waals surface area contributed by atoms with Crippen molar-refractivity contribution < 1.29 is 9.53 Å². The zero-order valence-corrected chi connectivity index (χ0v) is 17.6. The Labute approximate surface area is 174 Å². The third-order valence-electron chi connectivity index (χ3n) is 5.28. The number of pyridine rings is 1. The monoisotopic (exact) mass is 418 g/mol. The van der Waals surface area contributed by atoms with Gasteiger partial charge in [-0.15, -0.1) is 24.8 Å². The Morgan fingerprint density at radius 1 is 1.41 bits per heavy atom. The average Bonchev–Trinajstić information content (AvgIpc) is 2.68. The molecule has 1 aromatic heterocycles. The molecule has 1 aromatic rings. The molecule has 6 nitrogen and oxygen atoms in total. The van der Waals surface area contributed by atoms with Gasteiger partial charge in [-0.25, -0.2) is 4.98 Å². The zero-order valence-electron chi connectivity index (χ0n) is 16.0. The molecule has 154 valence electrons. The summed E-state index contributed by atoms with van der Waals surface area (Å²) in [6.45, 7) is 8.15. The van der Waals surface area contributed by atoms with Gasteiger partial charge in [-0.05, 0) is 55.5 Å². The van der Waals surface area contributed by atoms with Gasteiger partial charge in [-0.2, -0.15) is 0 Å². The zero-order chi connectivity index (χ0) is 17.5. The minimum Gasteiger partial charge on any atom is -0.378 e. The van der Waals surface area contributed by atoms with E-state index in [0.29, 0.717) is 24.8 Å². The van der Waals surface area contributed by atoms with Crippen LogP contribution in [0.3, 0.4) is 0 Å². The van der Waals surface area contributed by atoms with Crippen molar-refractivity contribution in [3.63, 3.8) is 0 Å². The van der Waals surface area contributed by atoms with E-state index in [4.69, 9.17) is 4.74 Å². The average molecular weight is 419 g/mol. The highest BCUT2D eigenvalue weighted by Crippen LogP contribution is 2.22. The molecule has 3 rings (SSSR count). The smallest absolute Gasteiger partial charge is 0.220 e. The van der Waals surface area contributed by atoms with Crippen molar-refractivity contribution in [3.05, 3.63) is 23.9 Å². The molecule has 2 aliphatic rings. The molecule has 8 heteroatoms. The second-order valence-electron chi connectivity index (χ2n) is 7.19.